The van der Waals surface area contributed by atoms with Crippen LogP contribution in [-0.4, -0.2) is 31.1 Å². The highest BCUT2D eigenvalue weighted by Gasteiger charge is 2.15. The number of anilines is 1. The summed E-state index contributed by atoms with van der Waals surface area (Å²) in [4.78, 5) is 24.1. The molecule has 0 fully saturated rings. The van der Waals surface area contributed by atoms with Crippen molar-refractivity contribution in [3.8, 4) is 0 Å². The molecule has 2 aromatic rings. The number of hydrogen-bond donors (Lipinski definition) is 1. The minimum Gasteiger partial charge on any atom is -0.372 e. The lowest BCUT2D eigenvalue weighted by atomic mass is 10.2. The van der Waals surface area contributed by atoms with Crippen LogP contribution in [-0.2, 0) is 0 Å². The zero-order valence-corrected chi connectivity index (χ0v) is 12.8. The van der Waals surface area contributed by atoms with Crippen LogP contribution < -0.4 is 10.3 Å². The van der Waals surface area contributed by atoms with E-state index in [4.69, 9.17) is 0 Å². The van der Waals surface area contributed by atoms with Crippen LogP contribution in [0, 0.1) is 10.1 Å². The highest BCUT2D eigenvalue weighted by atomic mass is 16.6. The Morgan fingerprint density at radius 2 is 1.91 bits per heavy atom. The second-order valence-electron chi connectivity index (χ2n) is 4.96. The van der Waals surface area contributed by atoms with Crippen molar-refractivity contribution in [2.24, 2.45) is 5.10 Å². The van der Waals surface area contributed by atoms with E-state index in [9.17, 15) is 14.9 Å². The van der Waals surface area contributed by atoms with Gasteiger partial charge < -0.3 is 4.90 Å². The fourth-order valence-electron chi connectivity index (χ4n) is 1.96. The van der Waals surface area contributed by atoms with E-state index in [1.165, 1.54) is 12.3 Å². The molecule has 23 heavy (non-hydrogen) atoms. The molecule has 0 aromatic heterocycles. The first-order valence-corrected chi connectivity index (χ1v) is 6.83. The first kappa shape index (κ1) is 16.2. The summed E-state index contributed by atoms with van der Waals surface area (Å²) in [5.41, 5.74) is 3.87. The molecule has 2 rings (SSSR count). The topological polar surface area (TPSA) is 87.8 Å². The molecule has 2 aromatic carbocycles. The number of rotatable bonds is 5. The summed E-state index contributed by atoms with van der Waals surface area (Å²) < 4.78 is 0. The van der Waals surface area contributed by atoms with Crippen LogP contribution in [0.15, 0.2) is 53.6 Å². The van der Waals surface area contributed by atoms with Gasteiger partial charge in [0.05, 0.1) is 11.1 Å². The number of hydrogen-bond acceptors (Lipinski definition) is 5. The second kappa shape index (κ2) is 7.17. The van der Waals surface area contributed by atoms with Crippen LogP contribution in [0.25, 0.3) is 0 Å². The molecule has 0 heterocycles. The predicted molar refractivity (Wildman–Crippen MR) is 88.9 cm³/mol. The number of amides is 1. The molecule has 0 unspecified atom stereocenters. The smallest absolute Gasteiger partial charge is 0.293 e. The molecule has 1 amide bonds. The Balaban J connectivity index is 2.12. The van der Waals surface area contributed by atoms with E-state index >= 15 is 0 Å². The Bertz CT molecular complexity index is 742. The van der Waals surface area contributed by atoms with Gasteiger partial charge in [0.1, 0.15) is 5.69 Å². The van der Waals surface area contributed by atoms with Gasteiger partial charge in [-0.05, 0) is 18.2 Å². The third kappa shape index (κ3) is 4.13. The van der Waals surface area contributed by atoms with E-state index in [0.29, 0.717) is 16.8 Å². The summed E-state index contributed by atoms with van der Waals surface area (Å²) in [6.45, 7) is 0. The molecule has 118 valence electrons. The Labute approximate surface area is 133 Å². The lowest BCUT2D eigenvalue weighted by Gasteiger charge is -2.12. The quantitative estimate of drug-likeness (QED) is 0.522. The summed E-state index contributed by atoms with van der Waals surface area (Å²) in [5.74, 6) is -0.346. The van der Waals surface area contributed by atoms with Crippen LogP contribution in [0.2, 0.25) is 0 Å². The molecule has 0 bridgehead atoms. The molecule has 7 nitrogen and oxygen atoms in total. The number of nitro benzene ring substituents is 1. The van der Waals surface area contributed by atoms with Crippen molar-refractivity contribution < 1.29 is 9.72 Å². The number of hydrazone groups is 1. The zero-order chi connectivity index (χ0) is 16.8. The van der Waals surface area contributed by atoms with Gasteiger partial charge in [-0.1, -0.05) is 24.3 Å². The maximum Gasteiger partial charge on any atom is 0.293 e. The van der Waals surface area contributed by atoms with Crippen molar-refractivity contribution in [1.29, 1.82) is 0 Å². The van der Waals surface area contributed by atoms with Crippen molar-refractivity contribution in [3.63, 3.8) is 0 Å². The van der Waals surface area contributed by atoms with Gasteiger partial charge in [-0.3, -0.25) is 14.9 Å². The third-order valence-electron chi connectivity index (χ3n) is 3.09. The van der Waals surface area contributed by atoms with Gasteiger partial charge in [-0.25, -0.2) is 5.43 Å². The third-order valence-corrected chi connectivity index (χ3v) is 3.09. The van der Waals surface area contributed by atoms with E-state index in [1.807, 2.05) is 6.07 Å². The van der Waals surface area contributed by atoms with Gasteiger partial charge in [0.15, 0.2) is 0 Å². The van der Waals surface area contributed by atoms with Crippen LogP contribution >= 0.6 is 0 Å². The van der Waals surface area contributed by atoms with Gasteiger partial charge in [-0.15, -0.1) is 0 Å². The highest BCUT2D eigenvalue weighted by Crippen LogP contribution is 2.27. The van der Waals surface area contributed by atoms with Crippen molar-refractivity contribution in [2.75, 3.05) is 19.0 Å². The fraction of sp³-hybridized carbons (Fsp3) is 0.125. The van der Waals surface area contributed by atoms with Gasteiger partial charge in [0.25, 0.3) is 11.6 Å². The van der Waals surface area contributed by atoms with Gasteiger partial charge in [0.2, 0.25) is 0 Å². The van der Waals surface area contributed by atoms with Gasteiger partial charge >= 0.3 is 0 Å². The first-order chi connectivity index (χ1) is 11.0. The summed E-state index contributed by atoms with van der Waals surface area (Å²) >= 11 is 0. The lowest BCUT2D eigenvalue weighted by molar-refractivity contribution is -0.384. The van der Waals surface area contributed by atoms with Crippen molar-refractivity contribution in [2.45, 2.75) is 0 Å². The molecule has 1 N–H and O–H groups in total. The number of carbonyl (C=O) groups excluding carboxylic acids is 1. The molecule has 0 aliphatic carbocycles. The molecule has 0 radical (unpaired) electrons. The van der Waals surface area contributed by atoms with Gasteiger partial charge in [0, 0.05) is 31.3 Å². The second-order valence-corrected chi connectivity index (χ2v) is 4.96. The van der Waals surface area contributed by atoms with Crippen LogP contribution in [0.1, 0.15) is 15.9 Å². The first-order valence-electron chi connectivity index (χ1n) is 6.83. The highest BCUT2D eigenvalue weighted by molar-refractivity contribution is 5.94. The Hall–Kier alpha value is -3.22. The number of benzene rings is 2. The summed E-state index contributed by atoms with van der Waals surface area (Å²) in [6.07, 6.45) is 1.37. The Kier molecular flexibility index (Phi) is 5.03. The van der Waals surface area contributed by atoms with E-state index in [1.54, 1.807) is 55.4 Å². The summed E-state index contributed by atoms with van der Waals surface area (Å²) in [7, 11) is 3.46. The molecule has 7 heteroatoms. The SMILES string of the molecule is CN(C)c1ccc(/C=N\NC(=O)c2ccccc2)cc1[N+](=O)[O-]. The molecule has 0 spiro atoms. The van der Waals surface area contributed by atoms with Crippen LogP contribution in [0.4, 0.5) is 11.4 Å². The van der Waals surface area contributed by atoms with E-state index in [0.717, 1.165) is 0 Å². The minimum absolute atomic E-state index is 0.0201. The number of nitrogens with one attached hydrogen (secondary N) is 1. The van der Waals surface area contributed by atoms with E-state index in [2.05, 4.69) is 10.5 Å². The van der Waals surface area contributed by atoms with Crippen molar-refractivity contribution >= 4 is 23.5 Å². The minimum atomic E-state index is -0.449. The average Bonchev–Trinajstić information content (AvgIpc) is 2.55. The fourth-order valence-corrected chi connectivity index (χ4v) is 1.96. The molecule has 0 aliphatic rings. The van der Waals surface area contributed by atoms with E-state index < -0.39 is 4.92 Å². The number of nitrogens with zero attached hydrogens (tertiary/aromatic N) is 3. The van der Waals surface area contributed by atoms with E-state index in [-0.39, 0.29) is 11.6 Å². The largest absolute Gasteiger partial charge is 0.372 e. The average molecular weight is 312 g/mol. The maximum atomic E-state index is 11.8. The van der Waals surface area contributed by atoms with Gasteiger partial charge in [-0.2, -0.15) is 5.10 Å². The standard InChI is InChI=1S/C16H16N4O3/c1-19(2)14-9-8-12(10-15(14)20(22)23)11-17-18-16(21)13-6-4-3-5-7-13/h3-11H,1-2H3,(H,18,21)/b17-11-. The Morgan fingerprint density at radius 1 is 1.22 bits per heavy atom. The number of nitro groups is 1. The number of carbonyl (C=O) groups is 1. The normalized spacial score (nSPS) is 10.5. The molecule has 0 saturated heterocycles. The van der Waals surface area contributed by atoms with Crippen LogP contribution in [0.3, 0.4) is 0 Å². The molecule has 0 aliphatic heterocycles. The van der Waals surface area contributed by atoms with Crippen LogP contribution in [0.5, 0.6) is 0 Å². The summed E-state index contributed by atoms with van der Waals surface area (Å²) in [5, 5.41) is 14.9. The van der Waals surface area contributed by atoms with Crippen molar-refractivity contribution in [3.05, 3.63) is 69.8 Å². The maximum absolute atomic E-state index is 11.8. The molecular weight excluding hydrogens is 296 g/mol. The zero-order valence-electron chi connectivity index (χ0n) is 12.8. The Morgan fingerprint density at radius 3 is 2.52 bits per heavy atom. The summed E-state index contributed by atoms with van der Waals surface area (Å²) in [6, 6.07) is 13.4. The lowest BCUT2D eigenvalue weighted by Crippen LogP contribution is -2.17. The monoisotopic (exact) mass is 312 g/mol. The van der Waals surface area contributed by atoms with Crippen molar-refractivity contribution in [1.82, 2.24) is 5.43 Å². The molecular formula is C16H16N4O3. The molecule has 0 saturated carbocycles. The molecule has 0 atom stereocenters. The predicted octanol–water partition coefficient (Wildman–Crippen LogP) is 2.42.